The Labute approximate surface area is 145 Å². The Hall–Kier alpha value is -2.44. The smallest absolute Gasteiger partial charge is 0.330 e. The molecule has 0 spiro atoms. The molecule has 2 unspecified atom stereocenters. The van der Waals surface area contributed by atoms with E-state index >= 15 is 0 Å². The van der Waals surface area contributed by atoms with E-state index in [1.807, 2.05) is 4.90 Å². The Morgan fingerprint density at radius 3 is 2.80 bits per heavy atom. The first-order chi connectivity index (χ1) is 12.2. The molecule has 2 aromatic rings. The maximum Gasteiger partial charge on any atom is 0.345 e. The number of rotatable bonds is 3. The third kappa shape index (κ3) is 2.49. The van der Waals surface area contributed by atoms with Gasteiger partial charge >= 0.3 is 5.69 Å². The van der Waals surface area contributed by atoms with Crippen molar-refractivity contribution in [3.8, 4) is 0 Å². The van der Waals surface area contributed by atoms with Gasteiger partial charge in [0, 0.05) is 37.9 Å². The van der Waals surface area contributed by atoms with Gasteiger partial charge in [0.05, 0.1) is 11.6 Å². The summed E-state index contributed by atoms with van der Waals surface area (Å²) in [7, 11) is 0. The van der Waals surface area contributed by atoms with Gasteiger partial charge in [0.25, 0.3) is 5.91 Å². The van der Waals surface area contributed by atoms with Crippen molar-refractivity contribution in [3.05, 3.63) is 46.4 Å². The third-order valence-corrected chi connectivity index (χ3v) is 5.70. The molecule has 1 saturated heterocycles. The highest BCUT2D eigenvalue weighted by atomic mass is 16.2. The predicted molar refractivity (Wildman–Crippen MR) is 90.1 cm³/mol. The lowest BCUT2D eigenvalue weighted by Gasteiger charge is -2.27. The highest BCUT2D eigenvalue weighted by molar-refractivity contribution is 5.94. The Bertz CT molecular complexity index is 867. The zero-order chi connectivity index (χ0) is 17.0. The number of pyridine rings is 1. The van der Waals surface area contributed by atoms with Gasteiger partial charge in [-0.1, -0.05) is 0 Å². The van der Waals surface area contributed by atoms with Gasteiger partial charge < -0.3 is 4.90 Å². The van der Waals surface area contributed by atoms with E-state index < -0.39 is 0 Å². The van der Waals surface area contributed by atoms with Gasteiger partial charge in [-0.2, -0.15) is 5.10 Å². The molecule has 2 bridgehead atoms. The number of nitrogens with zero attached hydrogens (tertiary/aromatic N) is 5. The molecule has 2 atom stereocenters. The fourth-order valence-corrected chi connectivity index (χ4v) is 4.22. The van der Waals surface area contributed by atoms with Crippen LogP contribution in [-0.4, -0.2) is 42.2 Å². The molecular weight excluding hydrogens is 318 g/mol. The van der Waals surface area contributed by atoms with Gasteiger partial charge in [0.15, 0.2) is 0 Å². The van der Waals surface area contributed by atoms with Crippen molar-refractivity contribution >= 4 is 5.91 Å². The van der Waals surface area contributed by atoms with Gasteiger partial charge in [0.1, 0.15) is 5.82 Å². The summed E-state index contributed by atoms with van der Waals surface area (Å²) in [5.74, 6) is 1.48. The maximum absolute atomic E-state index is 13.0. The van der Waals surface area contributed by atoms with E-state index in [9.17, 15) is 9.59 Å². The molecule has 0 aromatic carbocycles. The summed E-state index contributed by atoms with van der Waals surface area (Å²) in [5.41, 5.74) is 0.605. The summed E-state index contributed by atoms with van der Waals surface area (Å²) in [5, 5.41) is 4.59. The molecular formula is C18H21N5O2. The molecule has 0 radical (unpaired) electrons. The van der Waals surface area contributed by atoms with Crippen LogP contribution < -0.4 is 5.69 Å². The number of fused-ring (bicyclic) bond motifs is 3. The van der Waals surface area contributed by atoms with Crippen molar-refractivity contribution in [1.82, 2.24) is 24.2 Å². The first kappa shape index (κ1) is 14.9. The minimum Gasteiger partial charge on any atom is -0.330 e. The van der Waals surface area contributed by atoms with Crippen LogP contribution in [0.4, 0.5) is 0 Å². The van der Waals surface area contributed by atoms with Gasteiger partial charge in [-0.05, 0) is 43.7 Å². The molecule has 1 aliphatic carbocycles. The standard InChI is InChI=1S/C18H21N5O2/c24-17(13-2-1-7-19-9-13)23-14-5-6-15(23)11-21-16(8-14)20-22(18(21)25)10-12-3-4-12/h1-2,7,9,12,14-15H,3-6,8,10-11H2. The molecule has 7 heteroatoms. The SMILES string of the molecule is O=C(c1cccnc1)N1C2CCC1Cn1c(nn(CC3CC3)c1=O)C2. The number of carbonyl (C=O) groups excluding carboxylic acids is 1. The zero-order valence-electron chi connectivity index (χ0n) is 14.0. The minimum atomic E-state index is -0.0109. The Balaban J connectivity index is 1.45. The van der Waals surface area contributed by atoms with E-state index in [0.717, 1.165) is 25.2 Å². The Kier molecular flexibility index (Phi) is 3.29. The van der Waals surface area contributed by atoms with Crippen molar-refractivity contribution in [2.24, 2.45) is 5.92 Å². The van der Waals surface area contributed by atoms with Gasteiger partial charge in [-0.25, -0.2) is 9.48 Å². The number of amides is 1. The molecule has 2 aliphatic heterocycles. The molecule has 25 heavy (non-hydrogen) atoms. The average molecular weight is 339 g/mol. The number of hydrogen-bond acceptors (Lipinski definition) is 4. The molecule has 130 valence electrons. The van der Waals surface area contributed by atoms with E-state index in [-0.39, 0.29) is 23.7 Å². The fraction of sp³-hybridized carbons (Fsp3) is 0.556. The van der Waals surface area contributed by atoms with Crippen LogP contribution in [0.1, 0.15) is 41.9 Å². The highest BCUT2D eigenvalue weighted by Crippen LogP contribution is 2.33. The largest absolute Gasteiger partial charge is 0.345 e. The number of carbonyl (C=O) groups is 1. The summed E-state index contributed by atoms with van der Waals surface area (Å²) in [6.07, 6.45) is 8.27. The number of hydrogen-bond donors (Lipinski definition) is 0. The van der Waals surface area contributed by atoms with Crippen molar-refractivity contribution in [2.75, 3.05) is 0 Å². The van der Waals surface area contributed by atoms with E-state index in [1.165, 1.54) is 12.8 Å². The van der Waals surface area contributed by atoms with Crippen LogP contribution in [0, 0.1) is 5.92 Å². The van der Waals surface area contributed by atoms with Crippen LogP contribution >= 0.6 is 0 Å². The van der Waals surface area contributed by atoms with E-state index in [0.29, 0.717) is 24.4 Å². The molecule has 2 fully saturated rings. The van der Waals surface area contributed by atoms with Crippen LogP contribution in [0.2, 0.25) is 0 Å². The molecule has 3 aliphatic rings. The van der Waals surface area contributed by atoms with Gasteiger partial charge in [0.2, 0.25) is 0 Å². The lowest BCUT2D eigenvalue weighted by atomic mass is 10.1. The van der Waals surface area contributed by atoms with Crippen molar-refractivity contribution in [3.63, 3.8) is 0 Å². The predicted octanol–water partition coefficient (Wildman–Crippen LogP) is 1.08. The monoisotopic (exact) mass is 339 g/mol. The molecule has 0 N–H and O–H groups in total. The number of aromatic nitrogens is 4. The lowest BCUT2D eigenvalue weighted by molar-refractivity contribution is 0.0664. The molecule has 5 rings (SSSR count). The quantitative estimate of drug-likeness (QED) is 0.839. The van der Waals surface area contributed by atoms with Crippen LogP contribution in [-0.2, 0) is 19.5 Å². The summed E-state index contributed by atoms with van der Waals surface area (Å²) in [4.78, 5) is 31.7. The summed E-state index contributed by atoms with van der Waals surface area (Å²) in [6.45, 7) is 1.30. The third-order valence-electron chi connectivity index (χ3n) is 5.70. The molecule has 4 heterocycles. The maximum atomic E-state index is 13.0. The van der Waals surface area contributed by atoms with Crippen LogP contribution in [0.15, 0.2) is 29.3 Å². The van der Waals surface area contributed by atoms with Crippen LogP contribution in [0.5, 0.6) is 0 Å². The first-order valence-electron chi connectivity index (χ1n) is 9.10. The van der Waals surface area contributed by atoms with Crippen molar-refractivity contribution in [2.45, 2.75) is 57.3 Å². The summed E-state index contributed by atoms with van der Waals surface area (Å²) in [6, 6.07) is 3.78. The zero-order valence-corrected chi connectivity index (χ0v) is 14.0. The van der Waals surface area contributed by atoms with Crippen molar-refractivity contribution < 1.29 is 4.79 Å². The Morgan fingerprint density at radius 1 is 1.20 bits per heavy atom. The van der Waals surface area contributed by atoms with E-state index in [1.54, 1.807) is 33.8 Å². The Morgan fingerprint density at radius 2 is 2.04 bits per heavy atom. The van der Waals surface area contributed by atoms with E-state index in [4.69, 9.17) is 0 Å². The summed E-state index contributed by atoms with van der Waals surface area (Å²) < 4.78 is 3.45. The molecule has 1 amide bonds. The molecule has 1 saturated carbocycles. The van der Waals surface area contributed by atoms with Crippen LogP contribution in [0.3, 0.4) is 0 Å². The van der Waals surface area contributed by atoms with Gasteiger partial charge in [-0.15, -0.1) is 0 Å². The van der Waals surface area contributed by atoms with Crippen LogP contribution in [0.25, 0.3) is 0 Å². The average Bonchev–Trinajstić information content (AvgIpc) is 3.32. The van der Waals surface area contributed by atoms with Gasteiger partial charge in [-0.3, -0.25) is 14.3 Å². The highest BCUT2D eigenvalue weighted by Gasteiger charge is 2.41. The van der Waals surface area contributed by atoms with Crippen molar-refractivity contribution in [1.29, 1.82) is 0 Å². The van der Waals surface area contributed by atoms with E-state index in [2.05, 4.69) is 10.1 Å². The molecule has 2 aromatic heterocycles. The topological polar surface area (TPSA) is 73.0 Å². The second-order valence-electron chi connectivity index (χ2n) is 7.48. The first-order valence-corrected chi connectivity index (χ1v) is 9.10. The molecule has 7 nitrogen and oxygen atoms in total. The second kappa shape index (κ2) is 5.54. The second-order valence-corrected chi connectivity index (χ2v) is 7.48. The normalized spacial score (nSPS) is 24.9. The summed E-state index contributed by atoms with van der Waals surface area (Å²) >= 11 is 0. The lowest BCUT2D eigenvalue weighted by Crippen LogP contribution is -2.43. The minimum absolute atomic E-state index is 0.0109. The fourth-order valence-electron chi connectivity index (χ4n) is 4.22.